The van der Waals surface area contributed by atoms with Gasteiger partial charge >= 0.3 is 11.4 Å². The van der Waals surface area contributed by atoms with Crippen molar-refractivity contribution in [2.45, 2.75) is 13.8 Å². The summed E-state index contributed by atoms with van der Waals surface area (Å²) in [4.78, 5) is 45.2. The lowest BCUT2D eigenvalue weighted by molar-refractivity contribution is -0.393. The SMILES string of the molecule is CC(=O)Nc1nc(NC(C)=O)c([N+](=O)[O-])cc1[N+](=O)[O-]. The Bertz CT molecular complexity index is 564. The number of anilines is 2. The van der Waals surface area contributed by atoms with Crippen LogP contribution in [0.5, 0.6) is 0 Å². The van der Waals surface area contributed by atoms with Crippen molar-refractivity contribution < 1.29 is 19.4 Å². The quantitative estimate of drug-likeness (QED) is 0.611. The van der Waals surface area contributed by atoms with Gasteiger partial charge in [0.15, 0.2) is 0 Å². The largest absolute Gasteiger partial charge is 0.318 e. The van der Waals surface area contributed by atoms with E-state index in [4.69, 9.17) is 0 Å². The molecular formula is C9H9N5O6. The lowest BCUT2D eigenvalue weighted by Gasteiger charge is -2.07. The number of nitrogens with one attached hydrogen (secondary N) is 2. The summed E-state index contributed by atoms with van der Waals surface area (Å²) in [6, 6.07) is 0.615. The van der Waals surface area contributed by atoms with E-state index >= 15 is 0 Å². The summed E-state index contributed by atoms with van der Waals surface area (Å²) in [6.07, 6.45) is 0. The predicted molar refractivity (Wildman–Crippen MR) is 66.2 cm³/mol. The Hall–Kier alpha value is -3.11. The minimum Gasteiger partial charge on any atom is -0.305 e. The first-order valence-corrected chi connectivity index (χ1v) is 5.11. The van der Waals surface area contributed by atoms with Crippen LogP contribution in [0.4, 0.5) is 23.0 Å². The highest BCUT2D eigenvalue weighted by molar-refractivity contribution is 5.94. The van der Waals surface area contributed by atoms with Gasteiger partial charge in [0.25, 0.3) is 0 Å². The summed E-state index contributed by atoms with van der Waals surface area (Å²) in [7, 11) is 0. The van der Waals surface area contributed by atoms with E-state index < -0.39 is 44.7 Å². The number of hydrogen-bond donors (Lipinski definition) is 2. The minimum atomic E-state index is -0.928. The molecule has 0 saturated carbocycles. The number of nitro groups is 2. The maximum atomic E-state index is 10.9. The van der Waals surface area contributed by atoms with Gasteiger partial charge in [0.1, 0.15) is 6.07 Å². The highest BCUT2D eigenvalue weighted by Crippen LogP contribution is 2.32. The average molecular weight is 283 g/mol. The maximum absolute atomic E-state index is 10.9. The van der Waals surface area contributed by atoms with Crippen LogP contribution < -0.4 is 10.6 Å². The number of aromatic nitrogens is 1. The van der Waals surface area contributed by atoms with Crippen molar-refractivity contribution in [3.63, 3.8) is 0 Å². The molecule has 2 N–H and O–H groups in total. The summed E-state index contributed by atoms with van der Waals surface area (Å²) < 4.78 is 0. The fourth-order valence-corrected chi connectivity index (χ4v) is 1.29. The van der Waals surface area contributed by atoms with Gasteiger partial charge in [-0.1, -0.05) is 0 Å². The van der Waals surface area contributed by atoms with Crippen LogP contribution >= 0.6 is 0 Å². The molecule has 0 aromatic carbocycles. The van der Waals surface area contributed by atoms with E-state index in [9.17, 15) is 29.8 Å². The average Bonchev–Trinajstić information content (AvgIpc) is 2.26. The number of hydrogen-bond acceptors (Lipinski definition) is 7. The number of amides is 2. The molecule has 1 rings (SSSR count). The third-order valence-electron chi connectivity index (χ3n) is 1.96. The molecule has 0 unspecified atom stereocenters. The second-order valence-corrected chi connectivity index (χ2v) is 3.60. The van der Waals surface area contributed by atoms with E-state index in [2.05, 4.69) is 15.6 Å². The van der Waals surface area contributed by atoms with Crippen molar-refractivity contribution in [2.75, 3.05) is 10.6 Å². The normalized spacial score (nSPS) is 9.70. The molecule has 0 radical (unpaired) electrons. The molecule has 11 heteroatoms. The lowest BCUT2D eigenvalue weighted by atomic mass is 10.3. The zero-order valence-electron chi connectivity index (χ0n) is 10.4. The second-order valence-electron chi connectivity index (χ2n) is 3.60. The van der Waals surface area contributed by atoms with Crippen LogP contribution in [0.3, 0.4) is 0 Å². The third kappa shape index (κ3) is 3.44. The van der Waals surface area contributed by atoms with Gasteiger partial charge in [-0.05, 0) is 0 Å². The highest BCUT2D eigenvalue weighted by Gasteiger charge is 2.27. The Morgan fingerprint density at radius 2 is 1.35 bits per heavy atom. The molecule has 0 aliphatic heterocycles. The van der Waals surface area contributed by atoms with Crippen molar-refractivity contribution >= 4 is 34.8 Å². The molecule has 0 fully saturated rings. The lowest BCUT2D eigenvalue weighted by Crippen LogP contribution is -2.14. The summed E-state index contributed by atoms with van der Waals surface area (Å²) in [5, 5.41) is 25.8. The predicted octanol–water partition coefficient (Wildman–Crippen LogP) is 0.815. The number of carbonyl (C=O) groups is 2. The third-order valence-corrected chi connectivity index (χ3v) is 1.96. The Morgan fingerprint density at radius 1 is 1.00 bits per heavy atom. The van der Waals surface area contributed by atoms with E-state index in [1.54, 1.807) is 0 Å². The summed E-state index contributed by atoms with van der Waals surface area (Å²) >= 11 is 0. The molecule has 0 atom stereocenters. The molecule has 1 heterocycles. The first kappa shape index (κ1) is 14.9. The van der Waals surface area contributed by atoms with Crippen LogP contribution in [0, 0.1) is 20.2 Å². The van der Waals surface area contributed by atoms with Crippen LogP contribution in [0.2, 0.25) is 0 Å². The van der Waals surface area contributed by atoms with Crippen LogP contribution in [0.25, 0.3) is 0 Å². The van der Waals surface area contributed by atoms with Crippen molar-refractivity contribution in [1.29, 1.82) is 0 Å². The molecule has 2 amide bonds. The first-order valence-electron chi connectivity index (χ1n) is 5.11. The van der Waals surface area contributed by atoms with Crippen molar-refractivity contribution in [2.24, 2.45) is 0 Å². The molecule has 11 nitrogen and oxygen atoms in total. The molecule has 0 bridgehead atoms. The number of carbonyl (C=O) groups excluding carboxylic acids is 2. The maximum Gasteiger partial charge on any atom is 0.318 e. The van der Waals surface area contributed by atoms with Gasteiger partial charge in [-0.15, -0.1) is 0 Å². The van der Waals surface area contributed by atoms with E-state index in [-0.39, 0.29) is 0 Å². The standard InChI is InChI=1S/C9H9N5O6/c1-4(15)10-8-6(13(17)18)3-7(14(19)20)9(12-8)11-5(2)16/h3H,1-2H3,(H2,10,11,12,15,16). The molecule has 106 valence electrons. The monoisotopic (exact) mass is 283 g/mol. The highest BCUT2D eigenvalue weighted by atomic mass is 16.6. The summed E-state index contributed by atoms with van der Waals surface area (Å²) in [5.74, 6) is -2.28. The number of pyridine rings is 1. The van der Waals surface area contributed by atoms with Gasteiger partial charge in [-0.2, -0.15) is 4.98 Å². The van der Waals surface area contributed by atoms with E-state index in [0.717, 1.165) is 13.8 Å². The Labute approximate surface area is 111 Å². The number of rotatable bonds is 4. The van der Waals surface area contributed by atoms with Gasteiger partial charge in [0, 0.05) is 13.8 Å². The van der Waals surface area contributed by atoms with Gasteiger partial charge in [-0.3, -0.25) is 29.8 Å². The molecule has 1 aromatic heterocycles. The second kappa shape index (κ2) is 5.69. The van der Waals surface area contributed by atoms with Crippen LogP contribution in [0.15, 0.2) is 6.07 Å². The molecule has 0 aliphatic carbocycles. The topological polar surface area (TPSA) is 157 Å². The van der Waals surface area contributed by atoms with Gasteiger partial charge in [0.2, 0.25) is 23.5 Å². The van der Waals surface area contributed by atoms with Crippen LogP contribution in [0.1, 0.15) is 13.8 Å². The zero-order chi connectivity index (χ0) is 15.4. The molecule has 20 heavy (non-hydrogen) atoms. The molecule has 0 aliphatic rings. The Balaban J connectivity index is 3.50. The molecule has 0 spiro atoms. The Morgan fingerprint density at radius 3 is 1.60 bits per heavy atom. The van der Waals surface area contributed by atoms with Crippen LogP contribution in [-0.4, -0.2) is 26.6 Å². The summed E-state index contributed by atoms with van der Waals surface area (Å²) in [5.41, 5.74) is -1.50. The van der Waals surface area contributed by atoms with E-state index in [1.165, 1.54) is 0 Å². The van der Waals surface area contributed by atoms with E-state index in [0.29, 0.717) is 6.07 Å². The molecule has 1 aromatic rings. The Kier molecular flexibility index (Phi) is 4.25. The van der Waals surface area contributed by atoms with Crippen LogP contribution in [-0.2, 0) is 9.59 Å². The zero-order valence-corrected chi connectivity index (χ0v) is 10.4. The molecular weight excluding hydrogens is 274 g/mol. The fourth-order valence-electron chi connectivity index (χ4n) is 1.29. The summed E-state index contributed by atoms with van der Waals surface area (Å²) in [6.45, 7) is 2.18. The first-order chi connectivity index (χ1) is 9.22. The fraction of sp³-hybridized carbons (Fsp3) is 0.222. The number of nitrogens with zero attached hydrogens (tertiary/aromatic N) is 3. The van der Waals surface area contributed by atoms with E-state index in [1.807, 2.05) is 0 Å². The smallest absolute Gasteiger partial charge is 0.305 e. The molecule has 0 saturated heterocycles. The van der Waals surface area contributed by atoms with Crippen molar-refractivity contribution in [3.8, 4) is 0 Å². The minimum absolute atomic E-state index is 0.489. The van der Waals surface area contributed by atoms with Gasteiger partial charge < -0.3 is 10.6 Å². The van der Waals surface area contributed by atoms with Gasteiger partial charge in [-0.25, -0.2) is 0 Å². The van der Waals surface area contributed by atoms with Crippen molar-refractivity contribution in [3.05, 3.63) is 26.3 Å². The van der Waals surface area contributed by atoms with Gasteiger partial charge in [0.05, 0.1) is 9.85 Å². The van der Waals surface area contributed by atoms with Crippen molar-refractivity contribution in [1.82, 2.24) is 4.98 Å².